The molecule has 10 heteroatoms. The summed E-state index contributed by atoms with van der Waals surface area (Å²) in [5, 5.41) is 3.88. The van der Waals surface area contributed by atoms with Gasteiger partial charge < -0.3 is 20.1 Å². The molecule has 2 saturated heterocycles. The minimum atomic E-state index is -1.85. The van der Waals surface area contributed by atoms with E-state index in [2.05, 4.69) is 15.2 Å². The number of rotatable bonds is 7. The quantitative estimate of drug-likeness (QED) is 0.180. The summed E-state index contributed by atoms with van der Waals surface area (Å²) in [6, 6.07) is 11.2. The first kappa shape index (κ1) is 30.1. The fraction of sp³-hybridized carbons (Fsp3) is 0.394. The molecule has 3 aliphatic rings. The lowest BCUT2D eigenvalue weighted by Crippen LogP contribution is -2.46. The Balaban J connectivity index is 1.18. The summed E-state index contributed by atoms with van der Waals surface area (Å²) >= 11 is 12.6. The van der Waals surface area contributed by atoms with E-state index in [1.807, 2.05) is 30.9 Å². The van der Waals surface area contributed by atoms with Crippen LogP contribution in [0.2, 0.25) is 10.0 Å². The molecule has 2 fully saturated rings. The highest BCUT2D eigenvalue weighted by Gasteiger charge is 2.30. The van der Waals surface area contributed by atoms with Gasteiger partial charge in [0.1, 0.15) is 16.6 Å². The standard InChI is InChI=1S/C33H36Cl2N4O3S/c1-20-24(18-32(40)39-14-10-22(11-15-39)38-12-3-4-13-38)21(2)36-31(20)17-26-25-16-23(8-9-30(25)37-33(26)41)43(42)19-27-28(34)6-5-7-29(27)35/h5-9,16-17,22,36H,3-4,10-15,18-19H2,1-2H3,(H,37,41)/p+1/b26-17-. The van der Waals surface area contributed by atoms with Gasteiger partial charge in [-0.2, -0.15) is 0 Å². The van der Waals surface area contributed by atoms with Crippen LogP contribution >= 0.6 is 23.2 Å². The number of piperidine rings is 1. The van der Waals surface area contributed by atoms with E-state index < -0.39 is 10.8 Å². The Labute approximate surface area is 265 Å². The number of hydrogen-bond acceptors (Lipinski definition) is 4. The van der Waals surface area contributed by atoms with E-state index in [9.17, 15) is 13.8 Å². The SMILES string of the molecule is Cc1[nH]c(/C=C2\C(=O)Nc3ccc([SH+](=O)Cc4c(Cl)cccc4Cl)cc32)c(C)c1CC(=O)N1CCC(N2CCCC2)CC1. The number of amides is 2. The van der Waals surface area contributed by atoms with Crippen molar-refractivity contribution in [1.29, 1.82) is 0 Å². The lowest BCUT2D eigenvalue weighted by atomic mass is 10.0. The highest BCUT2D eigenvalue weighted by Crippen LogP contribution is 2.36. The van der Waals surface area contributed by atoms with Crippen molar-refractivity contribution >= 4 is 63.2 Å². The predicted octanol–water partition coefficient (Wildman–Crippen LogP) is 6.32. The third-order valence-corrected chi connectivity index (χ3v) is 11.3. The zero-order valence-corrected chi connectivity index (χ0v) is 26.9. The molecule has 43 heavy (non-hydrogen) atoms. The second kappa shape index (κ2) is 12.6. The first-order valence-electron chi connectivity index (χ1n) is 14.9. The monoisotopic (exact) mass is 639 g/mol. The van der Waals surface area contributed by atoms with Gasteiger partial charge in [-0.1, -0.05) is 29.3 Å². The van der Waals surface area contributed by atoms with Crippen molar-refractivity contribution in [3.63, 3.8) is 0 Å². The van der Waals surface area contributed by atoms with Crippen LogP contribution in [0.5, 0.6) is 0 Å². The number of carbonyl (C=O) groups is 2. The fourth-order valence-corrected chi connectivity index (χ4v) is 8.65. The van der Waals surface area contributed by atoms with Crippen LogP contribution in [0.15, 0.2) is 41.3 Å². The topological polar surface area (TPSA) is 85.5 Å². The number of fused-ring (bicyclic) bond motifs is 1. The average molecular weight is 641 g/mol. The molecule has 226 valence electrons. The highest BCUT2D eigenvalue weighted by atomic mass is 35.5. The maximum atomic E-state index is 13.3. The molecule has 3 aromatic rings. The Morgan fingerprint density at radius 3 is 2.42 bits per heavy atom. The molecule has 0 aliphatic carbocycles. The van der Waals surface area contributed by atoms with E-state index in [0.29, 0.717) is 49.8 Å². The van der Waals surface area contributed by atoms with Crippen molar-refractivity contribution in [1.82, 2.24) is 14.8 Å². The molecule has 7 nitrogen and oxygen atoms in total. The van der Waals surface area contributed by atoms with E-state index >= 15 is 0 Å². The number of halogens is 2. The maximum absolute atomic E-state index is 13.3. The summed E-state index contributed by atoms with van der Waals surface area (Å²) in [5.74, 6) is 0.136. The number of likely N-dealkylation sites (tertiary alicyclic amines) is 2. The molecule has 2 amide bonds. The number of benzene rings is 2. The van der Waals surface area contributed by atoms with Gasteiger partial charge in [0.2, 0.25) is 5.91 Å². The van der Waals surface area contributed by atoms with Gasteiger partial charge in [0.05, 0.1) is 12.0 Å². The lowest BCUT2D eigenvalue weighted by molar-refractivity contribution is -0.132. The van der Waals surface area contributed by atoms with Crippen LogP contribution in [0.3, 0.4) is 0 Å². The fourth-order valence-electron chi connectivity index (χ4n) is 6.61. The minimum Gasteiger partial charge on any atom is -0.359 e. The normalized spacial score (nSPS) is 19.2. The molecule has 4 heterocycles. The second-order valence-corrected chi connectivity index (χ2v) is 14.2. The first-order chi connectivity index (χ1) is 20.7. The van der Waals surface area contributed by atoms with Crippen LogP contribution in [0, 0.1) is 13.8 Å². The Morgan fingerprint density at radius 2 is 1.72 bits per heavy atom. The molecule has 0 spiro atoms. The van der Waals surface area contributed by atoms with Gasteiger partial charge in [-0.05, 0) is 94.1 Å². The Kier molecular flexibility index (Phi) is 8.83. The number of aromatic nitrogens is 1. The summed E-state index contributed by atoms with van der Waals surface area (Å²) in [4.78, 5) is 35.0. The van der Waals surface area contributed by atoms with Gasteiger partial charge in [-0.3, -0.25) is 9.59 Å². The van der Waals surface area contributed by atoms with Crippen molar-refractivity contribution in [3.05, 3.63) is 80.1 Å². The highest BCUT2D eigenvalue weighted by molar-refractivity contribution is 7.84. The third-order valence-electron chi connectivity index (χ3n) is 9.16. The predicted molar refractivity (Wildman–Crippen MR) is 175 cm³/mol. The van der Waals surface area contributed by atoms with Crippen LogP contribution in [-0.2, 0) is 36.8 Å². The number of H-pyrrole nitrogens is 1. The van der Waals surface area contributed by atoms with Gasteiger partial charge in [-0.25, -0.2) is 0 Å². The number of anilines is 1. The molecular weight excluding hydrogens is 603 g/mol. The summed E-state index contributed by atoms with van der Waals surface area (Å²) in [5.41, 5.74) is 6.16. The minimum absolute atomic E-state index is 0.153. The number of aryl methyl sites for hydroxylation is 1. The van der Waals surface area contributed by atoms with Crippen LogP contribution in [0.4, 0.5) is 5.69 Å². The maximum Gasteiger partial charge on any atom is 0.256 e. The summed E-state index contributed by atoms with van der Waals surface area (Å²) < 4.78 is 13.3. The van der Waals surface area contributed by atoms with Crippen molar-refractivity contribution in [2.75, 3.05) is 31.5 Å². The van der Waals surface area contributed by atoms with E-state index in [-0.39, 0.29) is 17.6 Å². The average Bonchev–Trinajstić information content (AvgIpc) is 3.70. The first-order valence-corrected chi connectivity index (χ1v) is 17.1. The Hall–Kier alpha value is -2.91. The van der Waals surface area contributed by atoms with Crippen LogP contribution in [-0.4, -0.2) is 58.8 Å². The molecule has 2 N–H and O–H groups in total. The third kappa shape index (κ3) is 6.21. The summed E-state index contributed by atoms with van der Waals surface area (Å²) in [7, 11) is -1.85. The molecule has 1 atom stereocenters. The molecule has 1 unspecified atom stereocenters. The summed E-state index contributed by atoms with van der Waals surface area (Å²) in [6.07, 6.45) is 6.84. The van der Waals surface area contributed by atoms with E-state index in [1.165, 1.54) is 25.9 Å². The van der Waals surface area contributed by atoms with Crippen molar-refractivity contribution in [2.24, 2.45) is 0 Å². The molecule has 2 aromatic carbocycles. The molecule has 6 rings (SSSR count). The van der Waals surface area contributed by atoms with Gasteiger partial charge in [0, 0.05) is 63.4 Å². The molecule has 3 aliphatic heterocycles. The van der Waals surface area contributed by atoms with E-state index in [0.717, 1.165) is 48.4 Å². The van der Waals surface area contributed by atoms with Gasteiger partial charge in [0.15, 0.2) is 4.90 Å². The second-order valence-electron chi connectivity index (χ2n) is 11.8. The van der Waals surface area contributed by atoms with Crippen molar-refractivity contribution in [2.45, 2.75) is 62.6 Å². The van der Waals surface area contributed by atoms with Crippen molar-refractivity contribution in [3.8, 4) is 0 Å². The van der Waals surface area contributed by atoms with E-state index in [4.69, 9.17) is 23.2 Å². The van der Waals surface area contributed by atoms with Gasteiger partial charge >= 0.3 is 0 Å². The molecule has 1 aromatic heterocycles. The molecule has 0 saturated carbocycles. The van der Waals surface area contributed by atoms with Crippen LogP contribution < -0.4 is 5.32 Å². The largest absolute Gasteiger partial charge is 0.359 e. The van der Waals surface area contributed by atoms with Crippen LogP contribution in [0.1, 0.15) is 59.3 Å². The number of nitrogens with one attached hydrogen (secondary N) is 2. The smallest absolute Gasteiger partial charge is 0.256 e. The Bertz CT molecular complexity index is 1610. The van der Waals surface area contributed by atoms with Crippen molar-refractivity contribution < 1.29 is 13.8 Å². The molecule has 0 bridgehead atoms. The lowest BCUT2D eigenvalue weighted by Gasteiger charge is -2.36. The number of nitrogens with zero attached hydrogens (tertiary/aromatic N) is 2. The summed E-state index contributed by atoms with van der Waals surface area (Å²) in [6.45, 7) is 7.97. The molecule has 0 radical (unpaired) electrons. The Morgan fingerprint density at radius 1 is 1.02 bits per heavy atom. The van der Waals surface area contributed by atoms with Gasteiger partial charge in [0.25, 0.3) is 5.91 Å². The van der Waals surface area contributed by atoms with Crippen LogP contribution in [0.25, 0.3) is 11.6 Å². The number of hydrogen-bond donors (Lipinski definition) is 2. The number of thiol groups is 1. The zero-order chi connectivity index (χ0) is 30.2. The van der Waals surface area contributed by atoms with Gasteiger partial charge in [-0.15, -0.1) is 4.21 Å². The number of carbonyl (C=O) groups excluding carboxylic acids is 2. The van der Waals surface area contributed by atoms with E-state index in [1.54, 1.807) is 30.3 Å². The molecular formula is C33H37Cl2N4O3S+. The zero-order valence-electron chi connectivity index (χ0n) is 24.5. The number of aromatic amines is 1.